The zero-order chi connectivity index (χ0) is 10.1. The lowest BCUT2D eigenvalue weighted by Gasteiger charge is -2.25. The van der Waals surface area contributed by atoms with E-state index in [0.717, 1.165) is 12.5 Å². The second-order valence-electron chi connectivity index (χ2n) is 4.14. The van der Waals surface area contributed by atoms with Crippen LogP contribution in [0.2, 0.25) is 0 Å². The number of nitrogens with two attached hydrogens (primary N) is 1. The molecule has 1 saturated heterocycles. The Balaban J connectivity index is 2.19. The van der Waals surface area contributed by atoms with Gasteiger partial charge in [0.05, 0.1) is 11.9 Å². The Bertz CT molecular complexity index is 307. The van der Waals surface area contributed by atoms with Crippen LogP contribution >= 0.6 is 0 Å². The number of nitrogen functional groups attached to an aromatic ring is 1. The van der Waals surface area contributed by atoms with E-state index < -0.39 is 0 Å². The maximum absolute atomic E-state index is 5.56. The van der Waals surface area contributed by atoms with E-state index in [1.807, 2.05) is 12.3 Å². The molecule has 3 heteroatoms. The van der Waals surface area contributed by atoms with Crippen LogP contribution in [0.5, 0.6) is 0 Å². The summed E-state index contributed by atoms with van der Waals surface area (Å²) in [5.74, 6) is 1.36. The molecule has 1 aromatic rings. The van der Waals surface area contributed by atoms with Crippen LogP contribution in [0.4, 0.5) is 11.5 Å². The highest BCUT2D eigenvalue weighted by Gasteiger charge is 2.27. The summed E-state index contributed by atoms with van der Waals surface area (Å²) in [6.45, 7) is 5.71. The van der Waals surface area contributed by atoms with Crippen LogP contribution in [-0.4, -0.2) is 17.6 Å². The van der Waals surface area contributed by atoms with Crippen LogP contribution in [-0.2, 0) is 0 Å². The minimum Gasteiger partial charge on any atom is -0.384 e. The van der Waals surface area contributed by atoms with E-state index in [-0.39, 0.29) is 0 Å². The lowest BCUT2D eigenvalue weighted by Crippen LogP contribution is -2.29. The van der Waals surface area contributed by atoms with Gasteiger partial charge in [0.1, 0.15) is 5.82 Å². The molecule has 0 aliphatic carbocycles. The quantitative estimate of drug-likeness (QED) is 0.737. The van der Waals surface area contributed by atoms with Crippen molar-refractivity contribution in [2.45, 2.75) is 26.3 Å². The fraction of sp³-hybridized carbons (Fsp3) is 0.545. The van der Waals surface area contributed by atoms with Gasteiger partial charge in [-0.05, 0) is 31.4 Å². The van der Waals surface area contributed by atoms with Crippen LogP contribution in [0, 0.1) is 5.92 Å². The van der Waals surface area contributed by atoms with E-state index >= 15 is 0 Å². The van der Waals surface area contributed by atoms with Gasteiger partial charge in [0.15, 0.2) is 0 Å². The van der Waals surface area contributed by atoms with Crippen molar-refractivity contribution in [2.75, 3.05) is 17.2 Å². The van der Waals surface area contributed by atoms with Gasteiger partial charge in [0, 0.05) is 12.6 Å². The molecular formula is C11H17N3. The molecule has 1 aliphatic heterocycles. The Kier molecular flexibility index (Phi) is 2.32. The zero-order valence-corrected chi connectivity index (χ0v) is 8.77. The van der Waals surface area contributed by atoms with Gasteiger partial charge >= 0.3 is 0 Å². The Morgan fingerprint density at radius 3 is 2.71 bits per heavy atom. The van der Waals surface area contributed by atoms with E-state index in [9.17, 15) is 0 Å². The molecule has 1 fully saturated rings. The Labute approximate surface area is 84.9 Å². The third kappa shape index (κ3) is 1.54. The smallest absolute Gasteiger partial charge is 0.123 e. The van der Waals surface area contributed by atoms with Gasteiger partial charge in [0.25, 0.3) is 0 Å². The van der Waals surface area contributed by atoms with E-state index in [4.69, 9.17) is 5.73 Å². The minimum absolute atomic E-state index is 0.591. The molecule has 2 heterocycles. The largest absolute Gasteiger partial charge is 0.384 e. The standard InChI is InChI=1S/C11H17N3/c1-8-5-6-14(9(8)2)10-3-4-11(12)13-7-10/h3-4,7-9H,5-6H2,1-2H3,(H2,12,13). The zero-order valence-electron chi connectivity index (χ0n) is 8.77. The molecule has 2 rings (SSSR count). The molecule has 0 spiro atoms. The summed E-state index contributed by atoms with van der Waals surface area (Å²) in [7, 11) is 0. The summed E-state index contributed by atoms with van der Waals surface area (Å²) in [6.07, 6.45) is 3.13. The van der Waals surface area contributed by atoms with E-state index in [1.165, 1.54) is 12.1 Å². The maximum Gasteiger partial charge on any atom is 0.123 e. The van der Waals surface area contributed by atoms with Crippen molar-refractivity contribution in [1.29, 1.82) is 0 Å². The molecule has 2 N–H and O–H groups in total. The molecule has 1 aliphatic rings. The monoisotopic (exact) mass is 191 g/mol. The van der Waals surface area contributed by atoms with Gasteiger partial charge in [-0.2, -0.15) is 0 Å². The average Bonchev–Trinajstić information content (AvgIpc) is 2.50. The van der Waals surface area contributed by atoms with Crippen molar-refractivity contribution in [3.63, 3.8) is 0 Å². The average molecular weight is 191 g/mol. The summed E-state index contributed by atoms with van der Waals surface area (Å²) in [5, 5.41) is 0. The van der Waals surface area contributed by atoms with Gasteiger partial charge in [-0.1, -0.05) is 6.92 Å². The molecule has 3 nitrogen and oxygen atoms in total. The summed E-state index contributed by atoms with van der Waals surface area (Å²) >= 11 is 0. The van der Waals surface area contributed by atoms with Crippen molar-refractivity contribution in [3.05, 3.63) is 18.3 Å². The predicted molar refractivity (Wildman–Crippen MR) is 59.2 cm³/mol. The van der Waals surface area contributed by atoms with Crippen molar-refractivity contribution in [2.24, 2.45) is 5.92 Å². The molecule has 0 radical (unpaired) electrons. The molecule has 2 unspecified atom stereocenters. The molecule has 2 atom stereocenters. The van der Waals surface area contributed by atoms with Crippen molar-refractivity contribution < 1.29 is 0 Å². The summed E-state index contributed by atoms with van der Waals surface area (Å²) in [5.41, 5.74) is 6.75. The maximum atomic E-state index is 5.56. The summed E-state index contributed by atoms with van der Waals surface area (Å²) in [4.78, 5) is 6.52. The topological polar surface area (TPSA) is 42.1 Å². The molecule has 76 valence electrons. The van der Waals surface area contributed by atoms with Gasteiger partial charge < -0.3 is 10.6 Å². The van der Waals surface area contributed by atoms with Crippen LogP contribution in [0.15, 0.2) is 18.3 Å². The second kappa shape index (κ2) is 3.48. The van der Waals surface area contributed by atoms with Gasteiger partial charge in [0.2, 0.25) is 0 Å². The van der Waals surface area contributed by atoms with Gasteiger partial charge in [-0.25, -0.2) is 4.98 Å². The first-order valence-electron chi connectivity index (χ1n) is 5.16. The highest BCUT2D eigenvalue weighted by Crippen LogP contribution is 2.28. The van der Waals surface area contributed by atoms with Crippen LogP contribution < -0.4 is 10.6 Å². The van der Waals surface area contributed by atoms with Crippen molar-refractivity contribution in [1.82, 2.24) is 4.98 Å². The van der Waals surface area contributed by atoms with E-state index in [2.05, 4.69) is 29.8 Å². The number of hydrogen-bond donors (Lipinski definition) is 1. The van der Waals surface area contributed by atoms with Crippen LogP contribution in [0.1, 0.15) is 20.3 Å². The minimum atomic E-state index is 0.591. The Hall–Kier alpha value is -1.25. The van der Waals surface area contributed by atoms with Crippen LogP contribution in [0.3, 0.4) is 0 Å². The number of nitrogens with zero attached hydrogens (tertiary/aromatic N) is 2. The molecule has 0 saturated carbocycles. The van der Waals surface area contributed by atoms with Crippen molar-refractivity contribution in [3.8, 4) is 0 Å². The first kappa shape index (κ1) is 9.31. The first-order chi connectivity index (χ1) is 6.68. The molecule has 0 aromatic carbocycles. The Morgan fingerprint density at radius 1 is 1.43 bits per heavy atom. The Morgan fingerprint density at radius 2 is 2.21 bits per heavy atom. The van der Waals surface area contributed by atoms with E-state index in [1.54, 1.807) is 0 Å². The predicted octanol–water partition coefficient (Wildman–Crippen LogP) is 1.90. The number of anilines is 2. The normalized spacial score (nSPS) is 26.9. The molecule has 0 amide bonds. The fourth-order valence-corrected chi connectivity index (χ4v) is 2.03. The number of hydrogen-bond acceptors (Lipinski definition) is 3. The number of pyridine rings is 1. The highest BCUT2D eigenvalue weighted by molar-refractivity contribution is 5.49. The third-order valence-electron chi connectivity index (χ3n) is 3.24. The van der Waals surface area contributed by atoms with Crippen LogP contribution in [0.25, 0.3) is 0 Å². The van der Waals surface area contributed by atoms with Crippen molar-refractivity contribution >= 4 is 11.5 Å². The molecule has 1 aromatic heterocycles. The summed E-state index contributed by atoms with van der Waals surface area (Å²) < 4.78 is 0. The summed E-state index contributed by atoms with van der Waals surface area (Å²) in [6, 6.07) is 4.53. The van der Waals surface area contributed by atoms with E-state index in [0.29, 0.717) is 11.9 Å². The number of aromatic nitrogens is 1. The lowest BCUT2D eigenvalue weighted by atomic mass is 10.1. The molecule has 0 bridgehead atoms. The van der Waals surface area contributed by atoms with Gasteiger partial charge in [-0.15, -0.1) is 0 Å². The van der Waals surface area contributed by atoms with Gasteiger partial charge in [-0.3, -0.25) is 0 Å². The second-order valence-corrected chi connectivity index (χ2v) is 4.14. The SMILES string of the molecule is CC1CCN(c2ccc(N)nc2)C1C. The number of rotatable bonds is 1. The first-order valence-corrected chi connectivity index (χ1v) is 5.16. The lowest BCUT2D eigenvalue weighted by molar-refractivity contribution is 0.546. The highest BCUT2D eigenvalue weighted by atomic mass is 15.2. The molecular weight excluding hydrogens is 174 g/mol. The molecule has 14 heavy (non-hydrogen) atoms. The third-order valence-corrected chi connectivity index (χ3v) is 3.24. The fourth-order valence-electron chi connectivity index (χ4n) is 2.03.